The van der Waals surface area contributed by atoms with Gasteiger partial charge in [0.15, 0.2) is 10.3 Å². The topological polar surface area (TPSA) is 93.0 Å². The summed E-state index contributed by atoms with van der Waals surface area (Å²) in [6.07, 6.45) is 0. The zero-order chi connectivity index (χ0) is 17.8. The van der Waals surface area contributed by atoms with Gasteiger partial charge in [-0.2, -0.15) is 16.8 Å². The van der Waals surface area contributed by atoms with Gasteiger partial charge in [-0.05, 0) is 24.3 Å². The van der Waals surface area contributed by atoms with Crippen LogP contribution in [0, 0.1) is 0 Å². The van der Waals surface area contributed by atoms with Crippen LogP contribution in [0.3, 0.4) is 0 Å². The van der Waals surface area contributed by atoms with E-state index >= 15 is 0 Å². The van der Waals surface area contributed by atoms with Gasteiger partial charge in [-0.1, -0.05) is 59.6 Å². The third-order valence-corrected chi connectivity index (χ3v) is 6.06. The lowest BCUT2D eigenvalue weighted by Crippen LogP contribution is -2.08. The van der Waals surface area contributed by atoms with Crippen LogP contribution in [0.15, 0.2) is 79.3 Å². The predicted octanol–water partition coefficient (Wildman–Crippen LogP) is 3.04. The van der Waals surface area contributed by atoms with E-state index in [1.54, 1.807) is 12.1 Å². The second-order valence-electron chi connectivity index (χ2n) is 4.34. The fourth-order valence-corrected chi connectivity index (χ4v) is 4.11. The molecular weight excluding hydrogens is 395 g/mol. The Balaban J connectivity index is 2.37. The largest absolute Gasteiger partial charge is 0.283 e. The summed E-state index contributed by atoms with van der Waals surface area (Å²) in [7, 11) is -8.26. The van der Waals surface area contributed by atoms with Crippen molar-refractivity contribution in [2.75, 3.05) is 0 Å². The van der Waals surface area contributed by atoms with E-state index in [-0.39, 0.29) is 9.79 Å². The van der Waals surface area contributed by atoms with Gasteiger partial charge in [-0.25, -0.2) is 0 Å². The van der Waals surface area contributed by atoms with E-state index in [1.807, 2.05) is 0 Å². The minimum atomic E-state index is -4.13. The number of sulfonamides is 2. The SMILES string of the molecule is O=S(=O)(N=C(Cl)/C(Cl)=N/S(=O)(=O)c1ccccc1)c1ccccc1. The minimum absolute atomic E-state index is 0.112. The van der Waals surface area contributed by atoms with Crippen LogP contribution in [-0.2, 0) is 20.0 Å². The van der Waals surface area contributed by atoms with Gasteiger partial charge < -0.3 is 0 Å². The number of hydrogen-bond acceptors (Lipinski definition) is 4. The highest BCUT2D eigenvalue weighted by molar-refractivity contribution is 7.91. The molecule has 0 bridgehead atoms. The zero-order valence-electron chi connectivity index (χ0n) is 11.9. The fourth-order valence-electron chi connectivity index (χ4n) is 1.58. The first-order valence-corrected chi connectivity index (χ1v) is 9.97. The van der Waals surface area contributed by atoms with Crippen molar-refractivity contribution in [2.24, 2.45) is 8.80 Å². The van der Waals surface area contributed by atoms with Crippen molar-refractivity contribution in [2.45, 2.75) is 9.79 Å². The molecule has 0 saturated carbocycles. The lowest BCUT2D eigenvalue weighted by atomic mass is 10.4. The van der Waals surface area contributed by atoms with Gasteiger partial charge in [0.2, 0.25) is 0 Å². The van der Waals surface area contributed by atoms with Crippen molar-refractivity contribution < 1.29 is 16.8 Å². The average molecular weight is 405 g/mol. The van der Waals surface area contributed by atoms with E-state index in [0.717, 1.165) is 0 Å². The molecule has 0 aliphatic carbocycles. The highest BCUT2D eigenvalue weighted by Gasteiger charge is 2.18. The maximum atomic E-state index is 12.0. The number of hydrogen-bond donors (Lipinski definition) is 0. The van der Waals surface area contributed by atoms with Gasteiger partial charge in [0.1, 0.15) is 0 Å². The molecule has 0 saturated heterocycles. The van der Waals surface area contributed by atoms with E-state index in [2.05, 4.69) is 8.80 Å². The second kappa shape index (κ2) is 7.43. The molecule has 0 N–H and O–H groups in total. The van der Waals surface area contributed by atoms with Crippen LogP contribution in [0.25, 0.3) is 0 Å². The summed E-state index contributed by atoms with van der Waals surface area (Å²) in [5, 5.41) is -1.50. The number of nitrogens with zero attached hydrogens (tertiary/aromatic N) is 2. The molecule has 0 aliphatic rings. The van der Waals surface area contributed by atoms with Crippen LogP contribution in [0.5, 0.6) is 0 Å². The maximum Gasteiger partial charge on any atom is 0.283 e. The molecule has 0 heterocycles. The molecule has 6 nitrogen and oxygen atoms in total. The molecule has 2 aromatic carbocycles. The summed E-state index contributed by atoms with van der Waals surface area (Å²) in [6.45, 7) is 0. The number of halogens is 2. The Hall–Kier alpha value is -1.74. The zero-order valence-corrected chi connectivity index (χ0v) is 15.0. The van der Waals surface area contributed by atoms with Crippen LogP contribution >= 0.6 is 23.2 Å². The summed E-state index contributed by atoms with van der Waals surface area (Å²) in [5.74, 6) is 0. The van der Waals surface area contributed by atoms with E-state index in [0.29, 0.717) is 0 Å². The molecule has 0 aliphatic heterocycles. The molecular formula is C14H10Cl2N2O4S2. The van der Waals surface area contributed by atoms with Crippen molar-refractivity contribution in [3.63, 3.8) is 0 Å². The molecule has 2 rings (SSSR count). The van der Waals surface area contributed by atoms with Crippen LogP contribution in [0.1, 0.15) is 0 Å². The van der Waals surface area contributed by atoms with Crippen LogP contribution in [-0.4, -0.2) is 27.2 Å². The molecule has 2 aromatic rings. The van der Waals surface area contributed by atoms with Crippen molar-refractivity contribution in [3.8, 4) is 0 Å². The van der Waals surface area contributed by atoms with E-state index < -0.39 is 30.4 Å². The number of benzene rings is 2. The Labute approximate surface area is 149 Å². The van der Waals surface area contributed by atoms with Crippen LogP contribution in [0.2, 0.25) is 0 Å². The van der Waals surface area contributed by atoms with Gasteiger partial charge in [0, 0.05) is 0 Å². The van der Waals surface area contributed by atoms with Crippen molar-refractivity contribution >= 4 is 53.6 Å². The summed E-state index contributed by atoms with van der Waals surface area (Å²) < 4.78 is 54.8. The molecule has 24 heavy (non-hydrogen) atoms. The van der Waals surface area contributed by atoms with Crippen LogP contribution in [0.4, 0.5) is 0 Å². The van der Waals surface area contributed by atoms with Crippen molar-refractivity contribution in [3.05, 3.63) is 60.7 Å². The Bertz CT molecular complexity index is 904. The molecule has 0 amide bonds. The third kappa shape index (κ3) is 4.64. The van der Waals surface area contributed by atoms with E-state index in [4.69, 9.17) is 23.2 Å². The predicted molar refractivity (Wildman–Crippen MR) is 93.8 cm³/mol. The average Bonchev–Trinajstić information content (AvgIpc) is 2.55. The highest BCUT2D eigenvalue weighted by atomic mass is 35.5. The molecule has 0 unspecified atom stereocenters. The molecule has 0 fully saturated rings. The molecule has 0 aromatic heterocycles. The van der Waals surface area contributed by atoms with Crippen molar-refractivity contribution in [1.82, 2.24) is 0 Å². The first-order chi connectivity index (χ1) is 11.2. The normalized spacial score (nSPS) is 13.8. The summed E-state index contributed by atoms with van der Waals surface area (Å²) in [5.41, 5.74) is 0. The standard InChI is InChI=1S/C14H10Cl2N2O4S2/c15-13(17-23(19,20)11-7-3-1-4-8-11)14(16)18-24(21,22)12-9-5-2-6-10-12/h1-10H/b17-13-,18-14?. The fraction of sp³-hybridized carbons (Fsp3) is 0. The number of rotatable bonds is 5. The maximum absolute atomic E-state index is 12.0. The lowest BCUT2D eigenvalue weighted by molar-refractivity contribution is 0.596. The first-order valence-electron chi connectivity index (χ1n) is 6.34. The highest BCUT2D eigenvalue weighted by Crippen LogP contribution is 2.16. The second-order valence-corrected chi connectivity index (χ2v) is 8.26. The summed E-state index contributed by atoms with van der Waals surface area (Å²) in [4.78, 5) is -0.225. The molecule has 126 valence electrons. The minimum Gasteiger partial charge on any atom is -0.199 e. The van der Waals surface area contributed by atoms with E-state index in [9.17, 15) is 16.8 Å². The van der Waals surface area contributed by atoms with Gasteiger partial charge in [0.25, 0.3) is 20.0 Å². The molecule has 0 radical (unpaired) electrons. The Morgan fingerprint density at radius 3 is 1.21 bits per heavy atom. The quantitative estimate of drug-likeness (QED) is 0.715. The first kappa shape index (κ1) is 18.6. The smallest absolute Gasteiger partial charge is 0.199 e. The summed E-state index contributed by atoms with van der Waals surface area (Å²) >= 11 is 11.4. The van der Waals surface area contributed by atoms with Gasteiger partial charge in [0.05, 0.1) is 9.79 Å². The van der Waals surface area contributed by atoms with Gasteiger partial charge >= 0.3 is 0 Å². The molecule has 0 atom stereocenters. The van der Waals surface area contributed by atoms with Gasteiger partial charge in [-0.15, -0.1) is 8.80 Å². The van der Waals surface area contributed by atoms with Crippen molar-refractivity contribution in [1.29, 1.82) is 0 Å². The monoisotopic (exact) mass is 404 g/mol. The van der Waals surface area contributed by atoms with Gasteiger partial charge in [-0.3, -0.25) is 0 Å². The molecule has 10 heteroatoms. The third-order valence-electron chi connectivity index (χ3n) is 2.65. The molecule has 0 spiro atoms. The lowest BCUT2D eigenvalue weighted by Gasteiger charge is -2.01. The van der Waals surface area contributed by atoms with Crippen LogP contribution < -0.4 is 0 Å². The van der Waals surface area contributed by atoms with E-state index in [1.165, 1.54) is 48.5 Å². The summed E-state index contributed by atoms with van der Waals surface area (Å²) in [6, 6.07) is 14.5. The Morgan fingerprint density at radius 2 is 0.917 bits per heavy atom. The Kier molecular flexibility index (Phi) is 5.76. The Morgan fingerprint density at radius 1 is 0.625 bits per heavy atom.